The maximum Gasteiger partial charge on any atom is 0.248 e. The van der Waals surface area contributed by atoms with Crippen LogP contribution in [-0.4, -0.2) is 262 Å². The lowest BCUT2D eigenvalue weighted by Crippen LogP contribution is -2.63. The summed E-state index contributed by atoms with van der Waals surface area (Å²) in [7, 11) is 0. The number of aromatic amines is 2. The fourth-order valence-electron chi connectivity index (χ4n) is 13.8. The number of amides is 14. The molecule has 3 aliphatic rings. The molecular weight excluding hydrogens is 1440 g/mol. The highest BCUT2D eigenvalue weighted by atomic mass is 16.3. The number of nitrogens with two attached hydrogens (primary N) is 6. The van der Waals surface area contributed by atoms with Crippen molar-refractivity contribution in [2.24, 2.45) is 40.3 Å². The number of para-hydroxylation sites is 2. The van der Waals surface area contributed by atoms with Crippen LogP contribution in [0.2, 0.25) is 0 Å². The second-order valence-electron chi connectivity index (χ2n) is 28.4. The van der Waals surface area contributed by atoms with Gasteiger partial charge in [-0.25, -0.2) is 0 Å². The van der Waals surface area contributed by atoms with Gasteiger partial charge in [-0.05, 0) is 153 Å². The Balaban J connectivity index is 1.23. The van der Waals surface area contributed by atoms with Gasteiger partial charge in [0.05, 0.1) is 12.7 Å². The first kappa shape index (κ1) is 88.0. The molecule has 38 heteroatoms. The quantitative estimate of drug-likeness (QED) is 0.0369. The van der Waals surface area contributed by atoms with Gasteiger partial charge >= 0.3 is 0 Å². The standard InChI is InChI=1S/C73H112N22O16/c1-5-38(2)58-70(108)88-52(24-30-79)65(103)83-47(17-10-25-74)62(100)85-49(21-27-76)63(101)86-51(23-29-78)66(104)89-53(33-41-35-80-45-15-8-6-13-43(41)45)67(105)87-50(22-28-77)64(102)84-48(20-26-75)61(99)82-39(3)60(98)91-55(37-96)72(110)95-32-12-19-57(95)73(111)94-31-11-18-56(94)69(107)93-59(40(4)97)71(109)90-54(68(106)92-58)34-42-36-81-46-16-9-7-14-44(42)46/h6-9,13-16,35-36,38-40,47-59,80-81,96-97H,5,10-12,17-34,37,74-79H2,1-4H3,(H,82,99)(H,83,103)(H,84,102)(H,85,100)(H,86,101)(H,87,105)(H,88,108)(H,89,104)(H,90,109)(H,91,98)(H,92,106)(H,93,107)/t38-,39-,40+,47-,48-,49+,50-,51-,52-,53-,54-,55-,56-,57+,58-,59-/m0/s1. The molecule has 28 N–H and O–H groups in total. The predicted molar refractivity (Wildman–Crippen MR) is 407 cm³/mol. The van der Waals surface area contributed by atoms with Crippen LogP contribution in [0.4, 0.5) is 0 Å². The lowest BCUT2D eigenvalue weighted by atomic mass is 9.96. The van der Waals surface area contributed by atoms with Gasteiger partial charge in [0.15, 0.2) is 0 Å². The summed E-state index contributed by atoms with van der Waals surface area (Å²) in [6.07, 6.45) is 1.13. The summed E-state index contributed by atoms with van der Waals surface area (Å²) < 4.78 is 0. The van der Waals surface area contributed by atoms with E-state index in [2.05, 4.69) is 73.8 Å². The molecule has 38 nitrogen and oxygen atoms in total. The summed E-state index contributed by atoms with van der Waals surface area (Å²) in [5, 5.41) is 54.6. The molecule has 111 heavy (non-hydrogen) atoms. The summed E-state index contributed by atoms with van der Waals surface area (Å²) >= 11 is 0. The van der Waals surface area contributed by atoms with Gasteiger partial charge in [0, 0.05) is 60.1 Å². The van der Waals surface area contributed by atoms with Gasteiger partial charge in [0.25, 0.3) is 0 Å². The van der Waals surface area contributed by atoms with Crippen molar-refractivity contribution in [3.05, 3.63) is 72.1 Å². The Kier molecular flexibility index (Phi) is 34.0. The molecule has 3 saturated heterocycles. The molecule has 0 spiro atoms. The molecule has 14 amide bonds. The van der Waals surface area contributed by atoms with Gasteiger partial charge in [-0.15, -0.1) is 0 Å². The van der Waals surface area contributed by atoms with E-state index in [1.54, 1.807) is 74.8 Å². The molecule has 0 aliphatic carbocycles. The van der Waals surface area contributed by atoms with E-state index in [-0.39, 0.29) is 136 Å². The molecule has 5 heterocycles. The zero-order valence-corrected chi connectivity index (χ0v) is 63.2. The number of benzene rings is 2. The molecule has 2 aromatic heterocycles. The second kappa shape index (κ2) is 42.8. The third kappa shape index (κ3) is 23.7. The van der Waals surface area contributed by atoms with Crippen LogP contribution in [0, 0.1) is 5.92 Å². The van der Waals surface area contributed by atoms with Crippen LogP contribution >= 0.6 is 0 Å². The molecule has 2 aromatic carbocycles. The van der Waals surface area contributed by atoms with Crippen molar-refractivity contribution >= 4 is 105 Å². The number of aliphatic hydroxyl groups excluding tert-OH is 2. The molecular formula is C73H112N22O16. The number of nitrogens with zero attached hydrogens (tertiary/aromatic N) is 2. The highest BCUT2D eigenvalue weighted by Gasteiger charge is 2.46. The number of aliphatic hydroxyl groups is 2. The Morgan fingerprint density at radius 3 is 1.18 bits per heavy atom. The third-order valence-corrected chi connectivity index (χ3v) is 20.3. The normalized spacial score (nSPS) is 27.1. The minimum Gasteiger partial charge on any atom is -0.394 e. The number of hydrogen-bond acceptors (Lipinski definition) is 22. The van der Waals surface area contributed by atoms with Crippen LogP contribution in [0.15, 0.2) is 60.9 Å². The maximum atomic E-state index is 15.0. The van der Waals surface area contributed by atoms with Crippen molar-refractivity contribution in [1.29, 1.82) is 0 Å². The van der Waals surface area contributed by atoms with Crippen LogP contribution in [-0.2, 0) is 80.0 Å². The first-order chi connectivity index (χ1) is 53.1. The van der Waals surface area contributed by atoms with Gasteiger partial charge < -0.3 is 128 Å². The van der Waals surface area contributed by atoms with Crippen molar-refractivity contribution in [1.82, 2.24) is 83.6 Å². The minimum atomic E-state index is -1.77. The number of carbonyl (C=O) groups excluding carboxylic acids is 14. The van der Waals surface area contributed by atoms with Crippen molar-refractivity contribution in [3.8, 4) is 0 Å². The minimum absolute atomic E-state index is 0.0147. The molecule has 0 bridgehead atoms. The number of nitrogens with one attached hydrogen (secondary N) is 14. The second-order valence-corrected chi connectivity index (χ2v) is 28.4. The smallest absolute Gasteiger partial charge is 0.248 e. The Labute approximate surface area is 642 Å². The Morgan fingerprint density at radius 2 is 0.757 bits per heavy atom. The maximum absolute atomic E-state index is 15.0. The van der Waals surface area contributed by atoms with Crippen molar-refractivity contribution < 1.29 is 77.3 Å². The van der Waals surface area contributed by atoms with Gasteiger partial charge in [-0.2, -0.15) is 0 Å². The van der Waals surface area contributed by atoms with Crippen LogP contribution in [0.25, 0.3) is 21.8 Å². The largest absolute Gasteiger partial charge is 0.394 e. The molecule has 0 unspecified atom stereocenters. The van der Waals surface area contributed by atoms with E-state index in [1.807, 2.05) is 0 Å². The Hall–Kier alpha value is -10.2. The SMILES string of the molecule is CC[C@H](C)[C@@H]1NC(=O)[C@H](Cc2c[nH]c3ccccc23)NC(=O)[C@H]([C@@H](C)O)NC(=O)[C@@H]2CCCN2C(=O)[C@H]2CCCN2C(=O)[C@H](CO)NC(=O)[C@H](C)NC(=O)[C@H](CCN)NC(=O)[C@H](CCN)NC(=O)[C@H](Cc2c[nH]c3ccccc23)NC(=O)[C@H](CCN)NC(=O)[C@@H](CCN)NC(=O)[C@H](CCCN)NC(=O)[C@H](CCN)NC1=O. The average Bonchev–Trinajstić information content (AvgIpc) is 1.69. The zero-order valence-electron chi connectivity index (χ0n) is 63.2. The number of aromatic nitrogens is 2. The van der Waals surface area contributed by atoms with Gasteiger partial charge in [-0.1, -0.05) is 56.7 Å². The van der Waals surface area contributed by atoms with E-state index in [4.69, 9.17) is 34.4 Å². The van der Waals surface area contributed by atoms with Crippen molar-refractivity contribution in [2.75, 3.05) is 59.0 Å². The number of hydrogen-bond donors (Lipinski definition) is 22. The molecule has 0 radical (unpaired) electrons. The molecule has 7 rings (SSSR count). The first-order valence-electron chi connectivity index (χ1n) is 38.0. The highest BCUT2D eigenvalue weighted by molar-refractivity contribution is 6.02. The lowest BCUT2D eigenvalue weighted by molar-refractivity contribution is -0.148. The number of fused-ring (bicyclic) bond motifs is 4. The summed E-state index contributed by atoms with van der Waals surface area (Å²) in [5.41, 5.74) is 38.4. The Bertz CT molecular complexity index is 3910. The summed E-state index contributed by atoms with van der Waals surface area (Å²) in [6.45, 7) is 3.97. The highest BCUT2D eigenvalue weighted by Crippen LogP contribution is 2.27. The zero-order chi connectivity index (χ0) is 81.2. The van der Waals surface area contributed by atoms with Crippen LogP contribution in [0.5, 0.6) is 0 Å². The van der Waals surface area contributed by atoms with Gasteiger partial charge in [-0.3, -0.25) is 67.1 Å². The van der Waals surface area contributed by atoms with Crippen molar-refractivity contribution in [3.63, 3.8) is 0 Å². The van der Waals surface area contributed by atoms with E-state index in [1.165, 1.54) is 18.7 Å². The fraction of sp³-hybridized carbons (Fsp3) is 0.589. The van der Waals surface area contributed by atoms with E-state index in [0.29, 0.717) is 39.4 Å². The van der Waals surface area contributed by atoms with Crippen LogP contribution < -0.4 is 98.2 Å². The summed E-state index contributed by atoms with van der Waals surface area (Å²) in [5.74, 6) is -13.4. The number of carbonyl (C=O) groups is 14. The molecule has 0 saturated carbocycles. The lowest BCUT2D eigenvalue weighted by Gasteiger charge is -2.33. The molecule has 4 aromatic rings. The molecule has 3 fully saturated rings. The fourth-order valence-corrected chi connectivity index (χ4v) is 13.8. The summed E-state index contributed by atoms with van der Waals surface area (Å²) in [4.78, 5) is 212. The predicted octanol–water partition coefficient (Wildman–Crippen LogP) is -6.83. The molecule has 16 atom stereocenters. The average molecular weight is 1550 g/mol. The summed E-state index contributed by atoms with van der Waals surface area (Å²) in [6, 6.07) is -6.52. The van der Waals surface area contributed by atoms with E-state index < -0.39 is 186 Å². The van der Waals surface area contributed by atoms with Crippen LogP contribution in [0.3, 0.4) is 0 Å². The van der Waals surface area contributed by atoms with E-state index in [9.17, 15) is 77.3 Å². The molecule has 610 valence electrons. The first-order valence-corrected chi connectivity index (χ1v) is 38.0. The van der Waals surface area contributed by atoms with Gasteiger partial charge in [0.1, 0.15) is 84.6 Å². The van der Waals surface area contributed by atoms with Crippen LogP contribution in [0.1, 0.15) is 116 Å². The number of rotatable bonds is 21. The van der Waals surface area contributed by atoms with E-state index >= 15 is 0 Å². The molecule has 3 aliphatic heterocycles. The van der Waals surface area contributed by atoms with E-state index in [0.717, 1.165) is 4.90 Å². The monoisotopic (exact) mass is 1550 g/mol. The van der Waals surface area contributed by atoms with Crippen molar-refractivity contribution in [2.45, 2.75) is 208 Å². The topological polar surface area (TPSA) is 618 Å². The Morgan fingerprint density at radius 1 is 0.405 bits per heavy atom. The number of H-pyrrole nitrogens is 2. The van der Waals surface area contributed by atoms with Gasteiger partial charge in [0.2, 0.25) is 82.7 Å². The third-order valence-electron chi connectivity index (χ3n) is 20.3.